The van der Waals surface area contributed by atoms with Crippen LogP contribution in [0.1, 0.15) is 31.7 Å². The highest BCUT2D eigenvalue weighted by Gasteiger charge is 2.12. The number of rotatable bonds is 4. The first-order chi connectivity index (χ1) is 8.49. The topological polar surface area (TPSA) is 41.6 Å². The van der Waals surface area contributed by atoms with E-state index < -0.39 is 0 Å². The van der Waals surface area contributed by atoms with Crippen LogP contribution in [-0.4, -0.2) is 32.1 Å². The molecule has 0 saturated heterocycles. The van der Waals surface area contributed by atoms with Crippen molar-refractivity contribution in [1.29, 1.82) is 0 Å². The lowest BCUT2D eigenvalue weighted by atomic mass is 9.97. The van der Waals surface area contributed by atoms with Crippen molar-refractivity contribution < 1.29 is 9.53 Å². The summed E-state index contributed by atoms with van der Waals surface area (Å²) < 4.78 is 5.35. The first-order valence-electron chi connectivity index (χ1n) is 6.15. The molecule has 18 heavy (non-hydrogen) atoms. The minimum absolute atomic E-state index is 0.129. The third-order valence-corrected chi connectivity index (χ3v) is 3.03. The first kappa shape index (κ1) is 14.4. The third kappa shape index (κ3) is 3.39. The number of ether oxygens (including phenoxy) is 1. The number of amides is 2. The van der Waals surface area contributed by atoms with E-state index in [4.69, 9.17) is 4.74 Å². The van der Waals surface area contributed by atoms with Gasteiger partial charge in [0.15, 0.2) is 0 Å². The van der Waals surface area contributed by atoms with Crippen LogP contribution in [0.15, 0.2) is 18.2 Å². The van der Waals surface area contributed by atoms with Crippen LogP contribution in [0.25, 0.3) is 0 Å². The monoisotopic (exact) mass is 250 g/mol. The molecule has 0 aliphatic rings. The Kier molecular flexibility index (Phi) is 5.01. The molecule has 100 valence electrons. The minimum atomic E-state index is -0.129. The highest BCUT2D eigenvalue weighted by molar-refractivity contribution is 5.89. The van der Waals surface area contributed by atoms with Crippen LogP contribution in [0.5, 0.6) is 5.75 Å². The molecular weight excluding hydrogens is 228 g/mol. The molecule has 1 rings (SSSR count). The van der Waals surface area contributed by atoms with Crippen LogP contribution >= 0.6 is 0 Å². The predicted molar refractivity (Wildman–Crippen MR) is 74.4 cm³/mol. The van der Waals surface area contributed by atoms with Gasteiger partial charge in [-0.25, -0.2) is 4.79 Å². The standard InChI is InChI=1S/C14H22N2O2/c1-6-10(2)12-9-11(7-8-13(12)18-5)15-14(17)16(3)4/h7-10H,6H2,1-5H3,(H,15,17). The molecule has 0 bridgehead atoms. The lowest BCUT2D eigenvalue weighted by Crippen LogP contribution is -2.27. The second-order valence-electron chi connectivity index (χ2n) is 4.59. The fourth-order valence-corrected chi connectivity index (χ4v) is 1.65. The van der Waals surface area contributed by atoms with E-state index in [0.717, 1.165) is 23.4 Å². The lowest BCUT2D eigenvalue weighted by Gasteiger charge is -2.17. The maximum absolute atomic E-state index is 11.6. The molecule has 0 heterocycles. The second-order valence-corrected chi connectivity index (χ2v) is 4.59. The van der Waals surface area contributed by atoms with Gasteiger partial charge in [0.1, 0.15) is 5.75 Å². The maximum atomic E-state index is 11.6. The molecule has 0 saturated carbocycles. The van der Waals surface area contributed by atoms with Crippen molar-refractivity contribution >= 4 is 11.7 Å². The average Bonchev–Trinajstić information content (AvgIpc) is 2.37. The Balaban J connectivity index is 2.99. The van der Waals surface area contributed by atoms with Gasteiger partial charge >= 0.3 is 6.03 Å². The van der Waals surface area contributed by atoms with E-state index in [1.165, 1.54) is 4.90 Å². The van der Waals surface area contributed by atoms with Gasteiger partial charge < -0.3 is 15.0 Å². The molecular formula is C14H22N2O2. The largest absolute Gasteiger partial charge is 0.496 e. The number of carbonyl (C=O) groups excluding carboxylic acids is 1. The Morgan fingerprint density at radius 3 is 2.61 bits per heavy atom. The van der Waals surface area contributed by atoms with Gasteiger partial charge in [0.25, 0.3) is 0 Å². The van der Waals surface area contributed by atoms with Crippen LogP contribution < -0.4 is 10.1 Å². The summed E-state index contributed by atoms with van der Waals surface area (Å²) in [7, 11) is 5.10. The van der Waals surface area contributed by atoms with Crippen molar-refractivity contribution in [3.8, 4) is 5.75 Å². The van der Waals surface area contributed by atoms with Crippen molar-refractivity contribution in [3.63, 3.8) is 0 Å². The van der Waals surface area contributed by atoms with Gasteiger partial charge in [0.2, 0.25) is 0 Å². The Labute approximate surface area is 109 Å². The summed E-state index contributed by atoms with van der Waals surface area (Å²) in [5.74, 6) is 1.27. The summed E-state index contributed by atoms with van der Waals surface area (Å²) in [6.07, 6.45) is 1.03. The van der Waals surface area contributed by atoms with Crippen LogP contribution in [0, 0.1) is 0 Å². The predicted octanol–water partition coefficient (Wildman–Crippen LogP) is 3.30. The molecule has 1 aromatic rings. The van der Waals surface area contributed by atoms with E-state index in [0.29, 0.717) is 5.92 Å². The number of anilines is 1. The van der Waals surface area contributed by atoms with E-state index in [9.17, 15) is 4.79 Å². The van der Waals surface area contributed by atoms with Crippen molar-refractivity contribution in [2.45, 2.75) is 26.2 Å². The normalized spacial score (nSPS) is 11.8. The average molecular weight is 250 g/mol. The molecule has 0 aromatic heterocycles. The zero-order valence-electron chi connectivity index (χ0n) is 11.8. The number of nitrogens with one attached hydrogen (secondary N) is 1. The van der Waals surface area contributed by atoms with Gasteiger partial charge in [-0.2, -0.15) is 0 Å². The van der Waals surface area contributed by atoms with Crippen LogP contribution in [-0.2, 0) is 0 Å². The van der Waals surface area contributed by atoms with Crippen molar-refractivity contribution in [3.05, 3.63) is 23.8 Å². The SMILES string of the molecule is CCC(C)c1cc(NC(=O)N(C)C)ccc1OC. The molecule has 0 spiro atoms. The molecule has 1 aromatic carbocycles. The van der Waals surface area contributed by atoms with Gasteiger partial charge in [0, 0.05) is 19.8 Å². The molecule has 2 amide bonds. The minimum Gasteiger partial charge on any atom is -0.496 e. The number of nitrogens with zero attached hydrogens (tertiary/aromatic N) is 1. The molecule has 1 N–H and O–H groups in total. The molecule has 4 heteroatoms. The fourth-order valence-electron chi connectivity index (χ4n) is 1.65. The van der Waals surface area contributed by atoms with Crippen molar-refractivity contribution in [1.82, 2.24) is 4.90 Å². The maximum Gasteiger partial charge on any atom is 0.321 e. The summed E-state index contributed by atoms with van der Waals surface area (Å²) in [4.78, 5) is 13.1. The highest BCUT2D eigenvalue weighted by Crippen LogP contribution is 2.31. The Morgan fingerprint density at radius 1 is 1.44 bits per heavy atom. The van der Waals surface area contributed by atoms with E-state index >= 15 is 0 Å². The summed E-state index contributed by atoms with van der Waals surface area (Å²) in [6.45, 7) is 4.28. The lowest BCUT2D eigenvalue weighted by molar-refractivity contribution is 0.230. The van der Waals surface area contributed by atoms with Gasteiger partial charge in [-0.15, -0.1) is 0 Å². The number of benzene rings is 1. The summed E-state index contributed by atoms with van der Waals surface area (Å²) in [5.41, 5.74) is 1.92. The Morgan fingerprint density at radius 2 is 2.11 bits per heavy atom. The summed E-state index contributed by atoms with van der Waals surface area (Å²) in [5, 5.41) is 2.84. The van der Waals surface area contributed by atoms with Gasteiger partial charge in [-0.05, 0) is 36.1 Å². The molecule has 0 radical (unpaired) electrons. The van der Waals surface area contributed by atoms with E-state index in [-0.39, 0.29) is 6.03 Å². The number of methoxy groups -OCH3 is 1. The highest BCUT2D eigenvalue weighted by atomic mass is 16.5. The molecule has 1 unspecified atom stereocenters. The number of carbonyl (C=O) groups is 1. The smallest absolute Gasteiger partial charge is 0.321 e. The molecule has 0 aliphatic heterocycles. The molecule has 4 nitrogen and oxygen atoms in total. The molecule has 0 aliphatic carbocycles. The fraction of sp³-hybridized carbons (Fsp3) is 0.500. The van der Waals surface area contributed by atoms with Crippen LogP contribution in [0.4, 0.5) is 10.5 Å². The van der Waals surface area contributed by atoms with E-state index in [2.05, 4.69) is 19.2 Å². The molecule has 0 fully saturated rings. The number of hydrogen-bond donors (Lipinski definition) is 1. The number of urea groups is 1. The zero-order valence-corrected chi connectivity index (χ0v) is 11.8. The Hall–Kier alpha value is -1.71. The summed E-state index contributed by atoms with van der Waals surface area (Å²) >= 11 is 0. The van der Waals surface area contributed by atoms with Crippen LogP contribution in [0.3, 0.4) is 0 Å². The number of hydrogen-bond acceptors (Lipinski definition) is 2. The van der Waals surface area contributed by atoms with E-state index in [1.807, 2.05) is 18.2 Å². The summed E-state index contributed by atoms with van der Waals surface area (Å²) in [6, 6.07) is 5.60. The van der Waals surface area contributed by atoms with Crippen molar-refractivity contribution in [2.75, 3.05) is 26.5 Å². The Bertz CT molecular complexity index is 416. The van der Waals surface area contributed by atoms with Gasteiger partial charge in [-0.3, -0.25) is 0 Å². The van der Waals surface area contributed by atoms with Crippen LogP contribution in [0.2, 0.25) is 0 Å². The van der Waals surface area contributed by atoms with E-state index in [1.54, 1.807) is 21.2 Å². The quantitative estimate of drug-likeness (QED) is 0.890. The van der Waals surface area contributed by atoms with Gasteiger partial charge in [-0.1, -0.05) is 13.8 Å². The first-order valence-corrected chi connectivity index (χ1v) is 6.15. The zero-order chi connectivity index (χ0) is 13.7. The van der Waals surface area contributed by atoms with Gasteiger partial charge in [0.05, 0.1) is 7.11 Å². The van der Waals surface area contributed by atoms with Crippen molar-refractivity contribution in [2.24, 2.45) is 0 Å². The molecule has 1 atom stereocenters. The second kappa shape index (κ2) is 6.28. The third-order valence-electron chi connectivity index (χ3n) is 3.03.